The summed E-state index contributed by atoms with van der Waals surface area (Å²) in [5, 5.41) is 0.0108. The highest BCUT2D eigenvalue weighted by atomic mass is 32.2. The predicted octanol–water partition coefficient (Wildman–Crippen LogP) is 2.40. The van der Waals surface area contributed by atoms with Crippen molar-refractivity contribution < 1.29 is 14.3 Å². The number of benzene rings is 1. The molecule has 0 atom stereocenters. The predicted molar refractivity (Wildman–Crippen MR) is 64.0 cm³/mol. The van der Waals surface area contributed by atoms with Crippen LogP contribution in [0.5, 0.6) is 0 Å². The van der Waals surface area contributed by atoms with Crippen molar-refractivity contribution in [3.63, 3.8) is 0 Å². The van der Waals surface area contributed by atoms with Gasteiger partial charge >= 0.3 is 5.97 Å². The molecule has 3 nitrogen and oxygen atoms in total. The Morgan fingerprint density at radius 1 is 1.19 bits per heavy atom. The molecule has 0 aromatic heterocycles. The molecule has 1 aromatic carbocycles. The number of rotatable bonds is 5. The third kappa shape index (κ3) is 4.98. The van der Waals surface area contributed by atoms with Crippen LogP contribution in [0.15, 0.2) is 30.3 Å². The minimum atomic E-state index is -0.328. The van der Waals surface area contributed by atoms with Crippen LogP contribution < -0.4 is 0 Å². The zero-order chi connectivity index (χ0) is 11.8. The molecular weight excluding hydrogens is 224 g/mol. The molecule has 0 N–H and O–H groups in total. The van der Waals surface area contributed by atoms with Gasteiger partial charge in [-0.05, 0) is 11.8 Å². The lowest BCUT2D eigenvalue weighted by molar-refractivity contribution is -0.145. The van der Waals surface area contributed by atoms with Gasteiger partial charge in [0.2, 0.25) is 0 Å². The molecule has 0 aliphatic rings. The van der Waals surface area contributed by atoms with Crippen LogP contribution in [0.1, 0.15) is 18.4 Å². The fourth-order valence-corrected chi connectivity index (χ4v) is 1.42. The minimum absolute atomic E-state index is 0.0108. The van der Waals surface area contributed by atoms with Crippen molar-refractivity contribution >= 4 is 22.8 Å². The molecule has 0 heterocycles. The van der Waals surface area contributed by atoms with Crippen LogP contribution in [-0.4, -0.2) is 17.3 Å². The van der Waals surface area contributed by atoms with E-state index in [0.29, 0.717) is 0 Å². The second-order valence-electron chi connectivity index (χ2n) is 3.22. The zero-order valence-electron chi connectivity index (χ0n) is 9.14. The van der Waals surface area contributed by atoms with Gasteiger partial charge in [-0.3, -0.25) is 9.59 Å². The van der Waals surface area contributed by atoms with Gasteiger partial charge in [0.25, 0.3) is 0 Å². The van der Waals surface area contributed by atoms with E-state index in [4.69, 9.17) is 4.74 Å². The fraction of sp³-hybridized carbons (Fsp3) is 0.333. The van der Waals surface area contributed by atoms with Gasteiger partial charge < -0.3 is 4.74 Å². The molecule has 0 unspecified atom stereocenters. The van der Waals surface area contributed by atoms with Gasteiger partial charge in [-0.15, -0.1) is 0 Å². The summed E-state index contributed by atoms with van der Waals surface area (Å²) in [6.07, 6.45) is 2.11. The summed E-state index contributed by atoms with van der Waals surface area (Å²) < 4.78 is 5.02. The molecule has 0 aliphatic heterocycles. The number of esters is 1. The van der Waals surface area contributed by atoms with Crippen molar-refractivity contribution in [2.45, 2.75) is 19.4 Å². The fourth-order valence-electron chi connectivity index (χ4n) is 1.12. The number of carbonyl (C=O) groups is 2. The van der Waals surface area contributed by atoms with Crippen molar-refractivity contribution in [2.75, 3.05) is 6.26 Å². The third-order valence-electron chi connectivity index (χ3n) is 2.00. The zero-order valence-corrected chi connectivity index (χ0v) is 9.96. The molecule has 0 fully saturated rings. The largest absolute Gasteiger partial charge is 0.461 e. The number of hydrogen-bond acceptors (Lipinski definition) is 4. The van der Waals surface area contributed by atoms with Crippen LogP contribution in [0.3, 0.4) is 0 Å². The van der Waals surface area contributed by atoms with E-state index in [1.54, 1.807) is 6.26 Å². The first-order valence-corrected chi connectivity index (χ1v) is 6.21. The number of hydrogen-bond donors (Lipinski definition) is 0. The normalized spacial score (nSPS) is 9.81. The second kappa shape index (κ2) is 7.06. The van der Waals surface area contributed by atoms with Crippen LogP contribution in [0.25, 0.3) is 0 Å². The molecular formula is C12H14O3S. The Kier molecular flexibility index (Phi) is 5.64. The summed E-state index contributed by atoms with van der Waals surface area (Å²) in [6, 6.07) is 9.46. The summed E-state index contributed by atoms with van der Waals surface area (Å²) in [5.41, 5.74) is 0.951. The average Bonchev–Trinajstić information content (AvgIpc) is 2.34. The molecule has 0 spiro atoms. The average molecular weight is 238 g/mol. The number of carbonyl (C=O) groups excluding carboxylic acids is 2. The van der Waals surface area contributed by atoms with E-state index < -0.39 is 0 Å². The molecule has 0 bridgehead atoms. The highest BCUT2D eigenvalue weighted by molar-refractivity contribution is 8.13. The molecule has 0 amide bonds. The first kappa shape index (κ1) is 12.8. The minimum Gasteiger partial charge on any atom is -0.461 e. The van der Waals surface area contributed by atoms with E-state index in [9.17, 15) is 9.59 Å². The molecule has 16 heavy (non-hydrogen) atoms. The van der Waals surface area contributed by atoms with E-state index in [0.717, 1.165) is 17.3 Å². The SMILES string of the molecule is CSC(=O)CCC(=O)OCc1ccccc1. The van der Waals surface area contributed by atoms with Crippen LogP contribution >= 0.6 is 11.8 Å². The van der Waals surface area contributed by atoms with Gasteiger partial charge in [0.05, 0.1) is 6.42 Å². The van der Waals surface area contributed by atoms with Crippen molar-refractivity contribution in [2.24, 2.45) is 0 Å². The molecule has 1 rings (SSSR count). The molecule has 0 saturated heterocycles. The Balaban J connectivity index is 2.23. The van der Waals surface area contributed by atoms with Gasteiger partial charge in [-0.1, -0.05) is 42.1 Å². The maximum Gasteiger partial charge on any atom is 0.306 e. The van der Waals surface area contributed by atoms with Crippen LogP contribution in [-0.2, 0) is 20.9 Å². The van der Waals surface area contributed by atoms with Gasteiger partial charge in [0.1, 0.15) is 6.61 Å². The molecule has 0 saturated carbocycles. The smallest absolute Gasteiger partial charge is 0.306 e. The molecule has 0 radical (unpaired) electrons. The quantitative estimate of drug-likeness (QED) is 0.739. The van der Waals surface area contributed by atoms with Gasteiger partial charge in [0, 0.05) is 6.42 Å². The Bertz CT molecular complexity index is 349. The monoisotopic (exact) mass is 238 g/mol. The van der Waals surface area contributed by atoms with Crippen molar-refractivity contribution in [3.8, 4) is 0 Å². The van der Waals surface area contributed by atoms with Gasteiger partial charge in [-0.2, -0.15) is 0 Å². The Morgan fingerprint density at radius 3 is 2.50 bits per heavy atom. The van der Waals surface area contributed by atoms with E-state index >= 15 is 0 Å². The van der Waals surface area contributed by atoms with Crippen molar-refractivity contribution in [1.29, 1.82) is 0 Å². The highest BCUT2D eigenvalue weighted by Gasteiger charge is 2.06. The van der Waals surface area contributed by atoms with E-state index in [1.807, 2.05) is 30.3 Å². The Labute approximate surface area is 99.2 Å². The summed E-state index contributed by atoms with van der Waals surface area (Å²) >= 11 is 1.13. The molecule has 0 aliphatic carbocycles. The van der Waals surface area contributed by atoms with Gasteiger partial charge in [0.15, 0.2) is 5.12 Å². The topological polar surface area (TPSA) is 43.4 Å². The first-order valence-electron chi connectivity index (χ1n) is 4.98. The van der Waals surface area contributed by atoms with Crippen molar-refractivity contribution in [1.82, 2.24) is 0 Å². The lowest BCUT2D eigenvalue weighted by Crippen LogP contribution is -2.06. The van der Waals surface area contributed by atoms with Crippen LogP contribution in [0.2, 0.25) is 0 Å². The Morgan fingerprint density at radius 2 is 1.88 bits per heavy atom. The maximum atomic E-state index is 11.3. The third-order valence-corrected chi connectivity index (χ3v) is 2.66. The number of ether oxygens (including phenoxy) is 1. The lowest BCUT2D eigenvalue weighted by atomic mass is 10.2. The van der Waals surface area contributed by atoms with E-state index in [1.165, 1.54) is 0 Å². The summed E-state index contributed by atoms with van der Waals surface area (Å²) in [5.74, 6) is -0.328. The van der Waals surface area contributed by atoms with Crippen molar-refractivity contribution in [3.05, 3.63) is 35.9 Å². The van der Waals surface area contributed by atoms with Crippen LogP contribution in [0.4, 0.5) is 0 Å². The first-order chi connectivity index (χ1) is 7.72. The highest BCUT2D eigenvalue weighted by Crippen LogP contribution is 2.06. The molecule has 4 heteroatoms. The Hall–Kier alpha value is -1.29. The summed E-state index contributed by atoms with van der Waals surface area (Å²) in [6.45, 7) is 0.271. The summed E-state index contributed by atoms with van der Waals surface area (Å²) in [4.78, 5) is 22.2. The maximum absolute atomic E-state index is 11.3. The lowest BCUT2D eigenvalue weighted by Gasteiger charge is -2.03. The van der Waals surface area contributed by atoms with E-state index in [-0.39, 0.29) is 30.5 Å². The standard InChI is InChI=1S/C12H14O3S/c1-16-12(14)8-7-11(13)15-9-10-5-3-2-4-6-10/h2-6H,7-9H2,1H3. The molecule has 86 valence electrons. The molecule has 1 aromatic rings. The second-order valence-corrected chi connectivity index (χ2v) is 4.09. The van der Waals surface area contributed by atoms with E-state index in [2.05, 4.69) is 0 Å². The van der Waals surface area contributed by atoms with Gasteiger partial charge in [-0.25, -0.2) is 0 Å². The van der Waals surface area contributed by atoms with Crippen LogP contribution in [0, 0.1) is 0 Å². The number of thioether (sulfide) groups is 1. The summed E-state index contributed by atoms with van der Waals surface area (Å²) in [7, 11) is 0.